The maximum absolute atomic E-state index is 12.6. The second-order valence-corrected chi connectivity index (χ2v) is 7.89. The second kappa shape index (κ2) is 6.89. The lowest BCUT2D eigenvalue weighted by Gasteiger charge is -2.11. The zero-order chi connectivity index (χ0) is 18.3. The third-order valence-electron chi connectivity index (χ3n) is 4.50. The summed E-state index contributed by atoms with van der Waals surface area (Å²) in [6.45, 7) is 4.47. The van der Waals surface area contributed by atoms with Crippen LogP contribution in [0.4, 0.5) is 0 Å². The predicted octanol–water partition coefficient (Wildman–Crippen LogP) is 4.05. The van der Waals surface area contributed by atoms with Gasteiger partial charge in [-0.3, -0.25) is 4.79 Å². The number of imidazole rings is 1. The summed E-state index contributed by atoms with van der Waals surface area (Å²) < 4.78 is 5.39. The van der Waals surface area contributed by atoms with Crippen molar-refractivity contribution in [1.82, 2.24) is 20.3 Å². The minimum Gasteiger partial charge on any atom is -0.470 e. The van der Waals surface area contributed by atoms with Gasteiger partial charge in [0.2, 0.25) is 5.91 Å². The number of hydrogen-bond donors (Lipinski definition) is 2. The number of ether oxygens (including phenoxy) is 1. The maximum Gasteiger partial charge on any atom is 0.273 e. The lowest BCUT2D eigenvalue weighted by molar-refractivity contribution is -0.123. The van der Waals surface area contributed by atoms with Crippen LogP contribution in [0.1, 0.15) is 42.9 Å². The van der Waals surface area contributed by atoms with Crippen LogP contribution < -0.4 is 10.1 Å². The van der Waals surface area contributed by atoms with Crippen LogP contribution in [-0.2, 0) is 4.79 Å². The van der Waals surface area contributed by atoms with Crippen LogP contribution in [0.2, 0.25) is 5.02 Å². The summed E-state index contributed by atoms with van der Waals surface area (Å²) in [4.78, 5) is 25.6. The van der Waals surface area contributed by atoms with Crippen LogP contribution in [0.5, 0.6) is 5.19 Å². The number of nitrogens with zero attached hydrogens (tertiary/aromatic N) is 2. The summed E-state index contributed by atoms with van der Waals surface area (Å²) in [5.41, 5.74) is 1.77. The Labute approximate surface area is 160 Å². The second-order valence-electron chi connectivity index (χ2n) is 6.42. The standard InChI is InChI=1S/C18H19ClN4O2S/c1-3-25-18-20-8-15(26-18)9(2)21-17(24)12-7-11(12)16-22-13-5-4-10(19)6-14(13)23-16/h4-6,8-9,11-12H,3,7H2,1-2H3,(H,21,24)(H,22,23)/t9-,11?,12?/m1/s1. The summed E-state index contributed by atoms with van der Waals surface area (Å²) in [7, 11) is 0. The number of fused-ring (bicyclic) bond motifs is 1. The first-order chi connectivity index (χ1) is 12.5. The Bertz CT molecular complexity index is 954. The van der Waals surface area contributed by atoms with Crippen LogP contribution in [0.15, 0.2) is 24.4 Å². The molecule has 6 nitrogen and oxygen atoms in total. The molecule has 4 rings (SSSR count). The number of thiazole rings is 1. The lowest BCUT2D eigenvalue weighted by Crippen LogP contribution is -2.28. The highest BCUT2D eigenvalue weighted by molar-refractivity contribution is 7.13. The number of carbonyl (C=O) groups excluding carboxylic acids is 1. The summed E-state index contributed by atoms with van der Waals surface area (Å²) in [6.07, 6.45) is 2.56. The predicted molar refractivity (Wildman–Crippen MR) is 102 cm³/mol. The van der Waals surface area contributed by atoms with Gasteiger partial charge in [0.1, 0.15) is 5.82 Å². The van der Waals surface area contributed by atoms with E-state index >= 15 is 0 Å². The van der Waals surface area contributed by atoms with E-state index in [1.54, 1.807) is 6.20 Å². The minimum absolute atomic E-state index is 0.0484. The molecule has 0 radical (unpaired) electrons. The number of aromatic nitrogens is 3. The topological polar surface area (TPSA) is 79.9 Å². The molecule has 3 atom stereocenters. The van der Waals surface area contributed by atoms with Crippen molar-refractivity contribution in [3.05, 3.63) is 40.1 Å². The molecular weight excluding hydrogens is 372 g/mol. The van der Waals surface area contributed by atoms with Gasteiger partial charge in [-0.1, -0.05) is 22.9 Å². The van der Waals surface area contributed by atoms with Gasteiger partial charge in [-0.05, 0) is 38.5 Å². The Balaban J connectivity index is 1.39. The molecule has 1 aromatic carbocycles. The first-order valence-electron chi connectivity index (χ1n) is 8.59. The summed E-state index contributed by atoms with van der Waals surface area (Å²) in [5.74, 6) is 0.987. The molecule has 1 saturated carbocycles. The minimum atomic E-state index is -0.0927. The Morgan fingerprint density at radius 2 is 2.38 bits per heavy atom. The molecule has 1 aliphatic rings. The molecule has 0 saturated heterocycles. The highest BCUT2D eigenvalue weighted by Gasteiger charge is 2.46. The third-order valence-corrected chi connectivity index (χ3v) is 5.82. The van der Waals surface area contributed by atoms with Crippen molar-refractivity contribution in [3.8, 4) is 5.19 Å². The third kappa shape index (κ3) is 3.41. The maximum atomic E-state index is 12.6. The van der Waals surface area contributed by atoms with Gasteiger partial charge in [-0.25, -0.2) is 9.97 Å². The number of rotatable bonds is 6. The molecule has 26 heavy (non-hydrogen) atoms. The highest BCUT2D eigenvalue weighted by Crippen LogP contribution is 2.47. The van der Waals surface area contributed by atoms with E-state index in [2.05, 4.69) is 20.3 Å². The molecule has 2 unspecified atom stereocenters. The molecule has 1 amide bonds. The van der Waals surface area contributed by atoms with Gasteiger partial charge in [0.25, 0.3) is 5.19 Å². The number of hydrogen-bond acceptors (Lipinski definition) is 5. The van der Waals surface area contributed by atoms with Crippen molar-refractivity contribution in [2.75, 3.05) is 6.61 Å². The fourth-order valence-electron chi connectivity index (χ4n) is 3.02. The first kappa shape index (κ1) is 17.3. The van der Waals surface area contributed by atoms with Crippen LogP contribution in [0.3, 0.4) is 0 Å². The van der Waals surface area contributed by atoms with Crippen molar-refractivity contribution in [2.45, 2.75) is 32.2 Å². The Morgan fingerprint density at radius 3 is 3.19 bits per heavy atom. The monoisotopic (exact) mass is 390 g/mol. The van der Waals surface area contributed by atoms with Crippen molar-refractivity contribution in [1.29, 1.82) is 0 Å². The SMILES string of the molecule is CCOc1ncc([C@@H](C)NC(=O)C2CC2c2nc3ccc(Cl)cc3[nH]2)s1. The molecule has 2 N–H and O–H groups in total. The molecule has 1 fully saturated rings. The van der Waals surface area contributed by atoms with Gasteiger partial charge in [-0.15, -0.1) is 0 Å². The number of amides is 1. The number of H-pyrrole nitrogens is 1. The van der Waals surface area contributed by atoms with Gasteiger partial charge in [0.15, 0.2) is 0 Å². The molecule has 2 heterocycles. The quantitative estimate of drug-likeness (QED) is 0.665. The van der Waals surface area contributed by atoms with E-state index < -0.39 is 0 Å². The van der Waals surface area contributed by atoms with E-state index in [-0.39, 0.29) is 23.8 Å². The zero-order valence-electron chi connectivity index (χ0n) is 14.5. The molecule has 2 aromatic heterocycles. The lowest BCUT2D eigenvalue weighted by atomic mass is 10.2. The largest absolute Gasteiger partial charge is 0.470 e. The molecule has 1 aliphatic carbocycles. The molecule has 136 valence electrons. The average Bonchev–Trinajstić information content (AvgIpc) is 3.08. The van der Waals surface area contributed by atoms with Gasteiger partial charge < -0.3 is 15.0 Å². The molecule has 0 spiro atoms. The van der Waals surface area contributed by atoms with Gasteiger partial charge in [-0.2, -0.15) is 0 Å². The van der Waals surface area contributed by atoms with E-state index in [9.17, 15) is 4.79 Å². The summed E-state index contributed by atoms with van der Waals surface area (Å²) in [6, 6.07) is 5.47. The van der Waals surface area contributed by atoms with Crippen molar-refractivity contribution < 1.29 is 9.53 Å². The Kier molecular flexibility index (Phi) is 4.58. The van der Waals surface area contributed by atoms with E-state index in [0.29, 0.717) is 16.8 Å². The number of carbonyl (C=O) groups is 1. The van der Waals surface area contributed by atoms with E-state index in [1.807, 2.05) is 32.0 Å². The fourth-order valence-corrected chi connectivity index (χ4v) is 4.01. The fraction of sp³-hybridized carbons (Fsp3) is 0.389. The summed E-state index contributed by atoms with van der Waals surface area (Å²) in [5, 5.41) is 4.37. The van der Waals surface area contributed by atoms with Crippen LogP contribution in [0, 0.1) is 5.92 Å². The molecule has 0 aliphatic heterocycles. The average molecular weight is 391 g/mol. The van der Waals surface area contributed by atoms with E-state index in [4.69, 9.17) is 16.3 Å². The Hall–Kier alpha value is -2.12. The van der Waals surface area contributed by atoms with Crippen LogP contribution in [-0.4, -0.2) is 27.5 Å². The zero-order valence-corrected chi connectivity index (χ0v) is 16.0. The molecule has 0 bridgehead atoms. The Morgan fingerprint density at radius 1 is 1.54 bits per heavy atom. The first-order valence-corrected chi connectivity index (χ1v) is 9.78. The van der Waals surface area contributed by atoms with E-state index in [1.165, 1.54) is 11.3 Å². The van der Waals surface area contributed by atoms with Gasteiger partial charge in [0, 0.05) is 23.1 Å². The molecule has 8 heteroatoms. The normalized spacial score (nSPS) is 20.1. The van der Waals surface area contributed by atoms with Crippen molar-refractivity contribution in [3.63, 3.8) is 0 Å². The smallest absolute Gasteiger partial charge is 0.273 e. The number of aromatic amines is 1. The van der Waals surface area contributed by atoms with Crippen molar-refractivity contribution >= 4 is 39.9 Å². The molecule has 3 aromatic rings. The van der Waals surface area contributed by atoms with Gasteiger partial charge >= 0.3 is 0 Å². The number of halogens is 1. The van der Waals surface area contributed by atoms with Crippen molar-refractivity contribution in [2.24, 2.45) is 5.92 Å². The van der Waals surface area contributed by atoms with Crippen LogP contribution >= 0.6 is 22.9 Å². The van der Waals surface area contributed by atoms with Crippen LogP contribution in [0.25, 0.3) is 11.0 Å². The number of nitrogens with one attached hydrogen (secondary N) is 2. The highest BCUT2D eigenvalue weighted by atomic mass is 35.5. The van der Waals surface area contributed by atoms with E-state index in [0.717, 1.165) is 28.2 Å². The van der Waals surface area contributed by atoms with Gasteiger partial charge in [0.05, 0.1) is 28.6 Å². The number of benzene rings is 1. The molecular formula is C18H19ClN4O2S. The summed E-state index contributed by atoms with van der Waals surface area (Å²) >= 11 is 7.48.